The van der Waals surface area contributed by atoms with Crippen molar-refractivity contribution in [3.8, 4) is 0 Å². The molecule has 0 fully saturated rings. The smallest absolute Gasteiger partial charge is 0.152 e. The van der Waals surface area contributed by atoms with E-state index in [1.54, 1.807) is 19.1 Å². The molecule has 21 heavy (non-hydrogen) atoms. The molecule has 3 rings (SSSR count). The number of allylic oxidation sites excluding steroid dienone is 3. The van der Waals surface area contributed by atoms with Crippen LogP contribution < -0.4 is 0 Å². The van der Waals surface area contributed by atoms with Gasteiger partial charge in [-0.3, -0.25) is 4.79 Å². The number of carbonyl (C=O) groups is 1. The van der Waals surface area contributed by atoms with Gasteiger partial charge in [0.25, 0.3) is 0 Å². The highest BCUT2D eigenvalue weighted by molar-refractivity contribution is 6.06. The van der Waals surface area contributed by atoms with Crippen molar-refractivity contribution in [3.63, 3.8) is 0 Å². The summed E-state index contributed by atoms with van der Waals surface area (Å²) in [6.07, 6.45) is 7.36. The van der Waals surface area contributed by atoms with E-state index < -0.39 is 0 Å². The maximum atomic E-state index is 11.0. The molecule has 3 aromatic rings. The summed E-state index contributed by atoms with van der Waals surface area (Å²) in [4.78, 5) is 11.0. The van der Waals surface area contributed by atoms with E-state index in [9.17, 15) is 4.79 Å². The maximum absolute atomic E-state index is 11.0. The average molecular weight is 272 g/mol. The second kappa shape index (κ2) is 5.76. The predicted octanol–water partition coefficient (Wildman–Crippen LogP) is 5.15. The first-order chi connectivity index (χ1) is 10.3. The Balaban J connectivity index is 2.23. The molecule has 0 aliphatic heterocycles. The number of fused-ring (bicyclic) bond motifs is 2. The van der Waals surface area contributed by atoms with Crippen LogP contribution in [0.5, 0.6) is 0 Å². The second-order valence-electron chi connectivity index (χ2n) is 5.06. The van der Waals surface area contributed by atoms with E-state index in [4.69, 9.17) is 0 Å². The fraction of sp³-hybridized carbons (Fsp3) is 0.0500. The highest BCUT2D eigenvalue weighted by atomic mass is 16.1. The summed E-state index contributed by atoms with van der Waals surface area (Å²) in [6.45, 7) is 1.55. The van der Waals surface area contributed by atoms with Crippen molar-refractivity contribution < 1.29 is 4.79 Å². The molecule has 0 spiro atoms. The van der Waals surface area contributed by atoms with Gasteiger partial charge in [-0.05, 0) is 46.2 Å². The van der Waals surface area contributed by atoms with E-state index in [2.05, 4.69) is 60.7 Å². The molecular formula is C20H16O. The highest BCUT2D eigenvalue weighted by Gasteiger charge is 2.03. The molecule has 0 atom stereocenters. The molecule has 0 saturated heterocycles. The Morgan fingerprint density at radius 2 is 1.43 bits per heavy atom. The Morgan fingerprint density at radius 1 is 0.857 bits per heavy atom. The number of ketones is 1. The topological polar surface area (TPSA) is 17.1 Å². The lowest BCUT2D eigenvalue weighted by Gasteiger charge is -2.08. The number of rotatable bonds is 3. The van der Waals surface area contributed by atoms with Gasteiger partial charge in [0.1, 0.15) is 0 Å². The van der Waals surface area contributed by atoms with Crippen LogP contribution in [0.15, 0.2) is 72.8 Å². The Kier molecular flexibility index (Phi) is 3.65. The van der Waals surface area contributed by atoms with Gasteiger partial charge in [0.2, 0.25) is 0 Å². The summed E-state index contributed by atoms with van der Waals surface area (Å²) in [5, 5.41) is 4.91. The standard InChI is InChI=1S/C20H16O/c1-15(21)8-2-5-13-20-18-11-6-3-9-16(18)14-17-10-4-7-12-19(17)20/h2-14H,1H3/b8-2+,13-5+. The molecule has 0 heterocycles. The van der Waals surface area contributed by atoms with Gasteiger partial charge in [0.15, 0.2) is 5.78 Å². The largest absolute Gasteiger partial charge is 0.295 e. The van der Waals surface area contributed by atoms with Gasteiger partial charge >= 0.3 is 0 Å². The van der Waals surface area contributed by atoms with Gasteiger partial charge in [0.05, 0.1) is 0 Å². The first kappa shape index (κ1) is 13.3. The lowest BCUT2D eigenvalue weighted by molar-refractivity contribution is -0.112. The van der Waals surface area contributed by atoms with Crippen LogP contribution in [-0.4, -0.2) is 5.78 Å². The predicted molar refractivity (Wildman–Crippen MR) is 90.3 cm³/mol. The molecule has 0 aliphatic rings. The molecule has 0 amide bonds. The van der Waals surface area contributed by atoms with Crippen molar-refractivity contribution in [3.05, 3.63) is 78.4 Å². The molecule has 0 radical (unpaired) electrons. The zero-order valence-corrected chi connectivity index (χ0v) is 11.9. The van der Waals surface area contributed by atoms with Gasteiger partial charge in [-0.2, -0.15) is 0 Å². The molecule has 0 aliphatic carbocycles. The van der Waals surface area contributed by atoms with Gasteiger partial charge in [-0.25, -0.2) is 0 Å². The summed E-state index contributed by atoms with van der Waals surface area (Å²) in [5.74, 6) is 0.0578. The monoisotopic (exact) mass is 272 g/mol. The van der Waals surface area contributed by atoms with Crippen molar-refractivity contribution in [2.75, 3.05) is 0 Å². The second-order valence-corrected chi connectivity index (χ2v) is 5.06. The van der Waals surface area contributed by atoms with Crippen LogP contribution in [0.2, 0.25) is 0 Å². The van der Waals surface area contributed by atoms with Crippen LogP contribution in [0.4, 0.5) is 0 Å². The summed E-state index contributed by atoms with van der Waals surface area (Å²) in [6, 6.07) is 19.0. The third-order valence-electron chi connectivity index (χ3n) is 3.52. The Hall–Kier alpha value is -2.67. The highest BCUT2D eigenvalue weighted by Crippen LogP contribution is 2.29. The quantitative estimate of drug-likeness (QED) is 0.366. The molecule has 102 valence electrons. The van der Waals surface area contributed by atoms with Gasteiger partial charge in [-0.1, -0.05) is 66.8 Å². The lowest BCUT2D eigenvalue weighted by atomic mass is 9.96. The summed E-state index contributed by atoms with van der Waals surface area (Å²) in [7, 11) is 0. The SMILES string of the molecule is CC(=O)/C=C/C=C/c1c2ccccc2cc2ccccc12. The molecule has 0 aromatic heterocycles. The molecule has 0 bridgehead atoms. The zero-order valence-electron chi connectivity index (χ0n) is 11.9. The molecule has 3 aromatic carbocycles. The van der Waals surface area contributed by atoms with E-state index in [0.717, 1.165) is 0 Å². The summed E-state index contributed by atoms with van der Waals surface area (Å²) in [5.41, 5.74) is 1.19. The normalized spacial score (nSPS) is 11.9. The number of benzene rings is 3. The molecule has 0 unspecified atom stereocenters. The minimum atomic E-state index is 0.0578. The minimum Gasteiger partial charge on any atom is -0.295 e. The van der Waals surface area contributed by atoms with Crippen molar-refractivity contribution in [1.29, 1.82) is 0 Å². The molecule has 1 nitrogen and oxygen atoms in total. The Labute approximate surface area is 124 Å². The first-order valence-corrected chi connectivity index (χ1v) is 7.01. The van der Waals surface area contributed by atoms with Crippen LogP contribution in [0.3, 0.4) is 0 Å². The van der Waals surface area contributed by atoms with Crippen molar-refractivity contribution in [2.45, 2.75) is 6.92 Å². The van der Waals surface area contributed by atoms with Gasteiger partial charge < -0.3 is 0 Å². The van der Waals surface area contributed by atoms with E-state index >= 15 is 0 Å². The Bertz CT molecular complexity index is 815. The average Bonchev–Trinajstić information content (AvgIpc) is 2.50. The van der Waals surface area contributed by atoms with Crippen LogP contribution in [0.1, 0.15) is 12.5 Å². The van der Waals surface area contributed by atoms with E-state index in [1.807, 2.05) is 6.08 Å². The number of hydrogen-bond acceptors (Lipinski definition) is 1. The number of carbonyl (C=O) groups excluding carboxylic acids is 1. The summed E-state index contributed by atoms with van der Waals surface area (Å²) >= 11 is 0. The van der Waals surface area contributed by atoms with E-state index in [-0.39, 0.29) is 5.78 Å². The van der Waals surface area contributed by atoms with Crippen LogP contribution in [-0.2, 0) is 4.79 Å². The van der Waals surface area contributed by atoms with Crippen LogP contribution in [0, 0.1) is 0 Å². The molecule has 1 heteroatoms. The van der Waals surface area contributed by atoms with Crippen molar-refractivity contribution >= 4 is 33.4 Å². The van der Waals surface area contributed by atoms with E-state index in [1.165, 1.54) is 27.1 Å². The van der Waals surface area contributed by atoms with E-state index in [0.29, 0.717) is 0 Å². The van der Waals surface area contributed by atoms with Crippen LogP contribution >= 0.6 is 0 Å². The first-order valence-electron chi connectivity index (χ1n) is 7.01. The van der Waals surface area contributed by atoms with Crippen molar-refractivity contribution in [2.24, 2.45) is 0 Å². The molecule has 0 saturated carbocycles. The molecule has 0 N–H and O–H groups in total. The molecular weight excluding hydrogens is 256 g/mol. The van der Waals surface area contributed by atoms with Gasteiger partial charge in [0, 0.05) is 0 Å². The van der Waals surface area contributed by atoms with Crippen molar-refractivity contribution in [1.82, 2.24) is 0 Å². The summed E-state index contributed by atoms with van der Waals surface area (Å²) < 4.78 is 0. The zero-order chi connectivity index (χ0) is 14.7. The Morgan fingerprint density at radius 3 is 2.00 bits per heavy atom. The van der Waals surface area contributed by atoms with Gasteiger partial charge in [-0.15, -0.1) is 0 Å². The lowest BCUT2D eigenvalue weighted by Crippen LogP contribution is -1.83. The fourth-order valence-corrected chi connectivity index (χ4v) is 2.57. The number of hydrogen-bond donors (Lipinski definition) is 0. The third kappa shape index (κ3) is 2.77. The maximum Gasteiger partial charge on any atom is 0.152 e. The third-order valence-corrected chi connectivity index (χ3v) is 3.52. The minimum absolute atomic E-state index is 0.0578. The van der Waals surface area contributed by atoms with Crippen LogP contribution in [0.25, 0.3) is 27.6 Å². The fourth-order valence-electron chi connectivity index (χ4n) is 2.57.